The van der Waals surface area contributed by atoms with Gasteiger partial charge in [0.05, 0.1) is 11.3 Å². The number of amidine groups is 1. The van der Waals surface area contributed by atoms with E-state index in [1.54, 1.807) is 0 Å². The van der Waals surface area contributed by atoms with Gasteiger partial charge in [-0.3, -0.25) is 10.6 Å². The number of nitrogens with zero attached hydrogens (tertiary/aromatic N) is 3. The molecule has 0 aliphatic rings. The Morgan fingerprint density at radius 2 is 1.96 bits per heavy atom. The maximum atomic E-state index is 12.5. The van der Waals surface area contributed by atoms with Crippen molar-refractivity contribution in [2.45, 2.75) is 6.18 Å². The van der Waals surface area contributed by atoms with Crippen LogP contribution in [0, 0.1) is 5.41 Å². The maximum absolute atomic E-state index is 12.5. The van der Waals surface area contributed by atoms with Crippen molar-refractivity contribution in [2.75, 3.05) is 23.5 Å². The molecule has 0 aliphatic heterocycles. The molecule has 23 heavy (non-hydrogen) atoms. The lowest BCUT2D eigenvalue weighted by molar-refractivity contribution is -0.137. The Morgan fingerprint density at radius 3 is 2.52 bits per heavy atom. The maximum Gasteiger partial charge on any atom is 0.416 e. The lowest BCUT2D eigenvalue weighted by atomic mass is 10.2. The van der Waals surface area contributed by atoms with E-state index in [2.05, 4.69) is 20.3 Å². The number of benzene rings is 1. The molecule has 0 aliphatic carbocycles. The third-order valence-corrected chi connectivity index (χ3v) is 2.80. The van der Waals surface area contributed by atoms with Crippen LogP contribution in [0.4, 0.5) is 24.7 Å². The lowest BCUT2D eigenvalue weighted by Gasteiger charge is -2.17. The molecule has 124 valence electrons. The van der Waals surface area contributed by atoms with E-state index in [0.29, 0.717) is 18.2 Å². The predicted octanol–water partition coefficient (Wildman–Crippen LogP) is 1.68. The first-order valence-electron chi connectivity index (χ1n) is 6.36. The molecular formula is C12H13F3N6O2. The molecule has 0 amide bonds. The highest BCUT2D eigenvalue weighted by molar-refractivity contribution is 6.07. The summed E-state index contributed by atoms with van der Waals surface area (Å²) in [5, 5.41) is 27.9. The standard InChI is InChI=1S/C12H13F3N6O2/c13-12(14,15)7-1-3-8(4-2-7)21(22)10(17)9-11(18-6-5-16)20-23-19-9/h1-4,17,22H,5-6,16H2,(H,18,20). The molecule has 0 spiro atoms. The van der Waals surface area contributed by atoms with Gasteiger partial charge in [-0.25, -0.2) is 9.69 Å². The average Bonchev–Trinajstić information content (AvgIpc) is 2.99. The summed E-state index contributed by atoms with van der Waals surface area (Å²) in [6.07, 6.45) is -4.48. The van der Waals surface area contributed by atoms with Crippen LogP contribution < -0.4 is 16.1 Å². The van der Waals surface area contributed by atoms with Crippen LogP contribution in [0.2, 0.25) is 0 Å². The highest BCUT2D eigenvalue weighted by Crippen LogP contribution is 2.30. The van der Waals surface area contributed by atoms with E-state index in [1.165, 1.54) is 0 Å². The summed E-state index contributed by atoms with van der Waals surface area (Å²) in [4.78, 5) is 0. The van der Waals surface area contributed by atoms with Crippen LogP contribution in [0.5, 0.6) is 0 Å². The summed E-state index contributed by atoms with van der Waals surface area (Å²) in [7, 11) is 0. The number of halogens is 3. The molecule has 11 heteroatoms. The lowest BCUT2D eigenvalue weighted by Crippen LogP contribution is -2.28. The van der Waals surface area contributed by atoms with Gasteiger partial charge in [0.15, 0.2) is 11.5 Å². The van der Waals surface area contributed by atoms with Crippen molar-refractivity contribution < 1.29 is 23.0 Å². The van der Waals surface area contributed by atoms with E-state index in [-0.39, 0.29) is 17.2 Å². The summed E-state index contributed by atoms with van der Waals surface area (Å²) < 4.78 is 42.0. The first kappa shape index (κ1) is 16.7. The quantitative estimate of drug-likeness (QED) is 0.373. The second-order valence-corrected chi connectivity index (χ2v) is 4.38. The smallest absolute Gasteiger partial charge is 0.364 e. The zero-order valence-corrected chi connectivity index (χ0v) is 11.6. The van der Waals surface area contributed by atoms with Crippen molar-refractivity contribution in [3.05, 3.63) is 35.5 Å². The van der Waals surface area contributed by atoms with Gasteiger partial charge in [0, 0.05) is 13.1 Å². The Morgan fingerprint density at radius 1 is 1.30 bits per heavy atom. The second-order valence-electron chi connectivity index (χ2n) is 4.38. The van der Waals surface area contributed by atoms with Gasteiger partial charge in [0.2, 0.25) is 5.82 Å². The van der Waals surface area contributed by atoms with Crippen LogP contribution in [0.3, 0.4) is 0 Å². The Kier molecular flexibility index (Phi) is 4.81. The van der Waals surface area contributed by atoms with Gasteiger partial charge in [-0.1, -0.05) is 0 Å². The Labute approximate surface area is 128 Å². The molecule has 1 heterocycles. The summed E-state index contributed by atoms with van der Waals surface area (Å²) >= 11 is 0. The molecule has 0 atom stereocenters. The van der Waals surface area contributed by atoms with Gasteiger partial charge < -0.3 is 11.1 Å². The van der Waals surface area contributed by atoms with E-state index < -0.39 is 17.6 Å². The summed E-state index contributed by atoms with van der Waals surface area (Å²) in [6.45, 7) is 0.627. The minimum absolute atomic E-state index is 0.0456. The highest BCUT2D eigenvalue weighted by Gasteiger charge is 2.30. The first-order chi connectivity index (χ1) is 10.8. The molecule has 2 aromatic rings. The Hall–Kier alpha value is -2.66. The highest BCUT2D eigenvalue weighted by atomic mass is 19.4. The normalized spacial score (nSPS) is 11.3. The van der Waals surface area contributed by atoms with Crippen LogP contribution in [-0.2, 0) is 6.18 Å². The number of nitrogens with one attached hydrogen (secondary N) is 2. The molecule has 5 N–H and O–H groups in total. The fraction of sp³-hybridized carbons (Fsp3) is 0.250. The largest absolute Gasteiger partial charge is 0.416 e. The Balaban J connectivity index is 2.18. The SMILES string of the molecule is N=C(c1nonc1NCCN)N(O)c1ccc(C(F)(F)F)cc1. The van der Waals surface area contributed by atoms with Crippen molar-refractivity contribution in [2.24, 2.45) is 5.73 Å². The molecule has 2 rings (SSSR count). The molecule has 0 saturated carbocycles. The van der Waals surface area contributed by atoms with Crippen LogP contribution in [0.25, 0.3) is 0 Å². The zero-order chi connectivity index (χ0) is 17.0. The van der Waals surface area contributed by atoms with Gasteiger partial charge in [-0.15, -0.1) is 0 Å². The number of aromatic nitrogens is 2. The van der Waals surface area contributed by atoms with Crippen molar-refractivity contribution >= 4 is 17.3 Å². The van der Waals surface area contributed by atoms with Crippen molar-refractivity contribution in [1.82, 2.24) is 10.3 Å². The third-order valence-electron chi connectivity index (χ3n) is 2.80. The van der Waals surface area contributed by atoms with Gasteiger partial charge in [0.25, 0.3) is 0 Å². The fourth-order valence-electron chi connectivity index (χ4n) is 1.67. The predicted molar refractivity (Wildman–Crippen MR) is 74.4 cm³/mol. The topological polar surface area (TPSA) is 124 Å². The second kappa shape index (κ2) is 6.62. The average molecular weight is 330 g/mol. The number of rotatable bonds is 5. The molecule has 0 radical (unpaired) electrons. The van der Waals surface area contributed by atoms with Crippen LogP contribution >= 0.6 is 0 Å². The molecule has 1 aromatic heterocycles. The van der Waals surface area contributed by atoms with Crippen LogP contribution in [0.15, 0.2) is 28.9 Å². The number of nitrogens with two attached hydrogens (primary N) is 1. The first-order valence-corrected chi connectivity index (χ1v) is 6.36. The van der Waals surface area contributed by atoms with Gasteiger partial charge >= 0.3 is 6.18 Å². The van der Waals surface area contributed by atoms with E-state index in [1.807, 2.05) is 0 Å². The zero-order valence-electron chi connectivity index (χ0n) is 11.6. The number of anilines is 2. The van der Waals surface area contributed by atoms with E-state index >= 15 is 0 Å². The number of hydrogen-bond donors (Lipinski definition) is 4. The Bertz CT molecular complexity index is 670. The minimum Gasteiger partial charge on any atom is -0.364 e. The van der Waals surface area contributed by atoms with Gasteiger partial charge in [-0.05, 0) is 34.6 Å². The van der Waals surface area contributed by atoms with E-state index in [4.69, 9.17) is 11.1 Å². The number of hydroxylamine groups is 1. The third kappa shape index (κ3) is 3.76. The van der Waals surface area contributed by atoms with Crippen LogP contribution in [-0.4, -0.2) is 34.4 Å². The van der Waals surface area contributed by atoms with E-state index in [0.717, 1.165) is 24.3 Å². The van der Waals surface area contributed by atoms with E-state index in [9.17, 15) is 18.4 Å². The molecule has 0 fully saturated rings. The van der Waals surface area contributed by atoms with Crippen molar-refractivity contribution in [3.8, 4) is 0 Å². The van der Waals surface area contributed by atoms with Crippen molar-refractivity contribution in [3.63, 3.8) is 0 Å². The molecule has 0 saturated heterocycles. The van der Waals surface area contributed by atoms with Gasteiger partial charge in [-0.2, -0.15) is 13.2 Å². The number of hydrogen-bond acceptors (Lipinski definition) is 7. The molecule has 1 aromatic carbocycles. The summed E-state index contributed by atoms with van der Waals surface area (Å²) in [5.41, 5.74) is 4.30. The monoisotopic (exact) mass is 330 g/mol. The molecule has 0 bridgehead atoms. The summed E-state index contributed by atoms with van der Waals surface area (Å²) in [6, 6.07) is 3.64. The van der Waals surface area contributed by atoms with Crippen LogP contribution in [0.1, 0.15) is 11.3 Å². The summed E-state index contributed by atoms with van der Waals surface area (Å²) in [5.74, 6) is -0.433. The molecule has 8 nitrogen and oxygen atoms in total. The number of alkyl halides is 3. The minimum atomic E-state index is -4.48. The van der Waals surface area contributed by atoms with Gasteiger partial charge in [0.1, 0.15) is 0 Å². The molecule has 0 unspecified atom stereocenters. The molecular weight excluding hydrogens is 317 g/mol. The fourth-order valence-corrected chi connectivity index (χ4v) is 1.67. The van der Waals surface area contributed by atoms with Crippen molar-refractivity contribution in [1.29, 1.82) is 5.41 Å².